The highest BCUT2D eigenvalue weighted by atomic mass is 35.5. The Labute approximate surface area is 110 Å². The highest BCUT2D eigenvalue weighted by Gasteiger charge is 2.16. The summed E-state index contributed by atoms with van der Waals surface area (Å²) >= 11 is 6.17. The molecule has 0 amide bonds. The van der Waals surface area contributed by atoms with Gasteiger partial charge in [0.15, 0.2) is 0 Å². The first kappa shape index (κ1) is 12.5. The number of hydrogen-bond donors (Lipinski definition) is 0. The largest absolute Gasteiger partial charge is 0.496 e. The summed E-state index contributed by atoms with van der Waals surface area (Å²) in [5.74, 6) is -0.0530. The third kappa shape index (κ3) is 2.19. The molecule has 0 spiro atoms. The van der Waals surface area contributed by atoms with Gasteiger partial charge in [0.25, 0.3) is 0 Å². The molecule has 0 saturated carbocycles. The van der Waals surface area contributed by atoms with Gasteiger partial charge in [-0.2, -0.15) is 0 Å². The predicted octanol–water partition coefficient (Wildman–Crippen LogP) is 2.93. The van der Waals surface area contributed by atoms with Crippen molar-refractivity contribution in [3.8, 4) is 11.4 Å². The molecule has 4 nitrogen and oxygen atoms in total. The summed E-state index contributed by atoms with van der Waals surface area (Å²) in [7, 11) is 2.81. The van der Waals surface area contributed by atoms with E-state index in [0.29, 0.717) is 16.3 Å². The number of nitrogens with zero attached hydrogens (tertiary/aromatic N) is 1. The lowest BCUT2D eigenvalue weighted by atomic mass is 10.1. The second-order valence-corrected chi connectivity index (χ2v) is 3.99. The minimum Gasteiger partial charge on any atom is -0.496 e. The van der Waals surface area contributed by atoms with Crippen LogP contribution in [0, 0.1) is 0 Å². The van der Waals surface area contributed by atoms with Gasteiger partial charge in [-0.3, -0.25) is 0 Å². The first-order valence-corrected chi connectivity index (χ1v) is 5.64. The van der Waals surface area contributed by atoms with Crippen LogP contribution in [0.3, 0.4) is 0 Å². The first-order chi connectivity index (χ1) is 8.67. The lowest BCUT2D eigenvalue weighted by Crippen LogP contribution is -2.05. The first-order valence-electron chi connectivity index (χ1n) is 5.26. The monoisotopic (exact) mass is 265 g/mol. The SMILES string of the molecule is COC(=O)c1cc(Cl)c(-n2cccc2)cc1OC. The highest BCUT2D eigenvalue weighted by molar-refractivity contribution is 6.32. The van der Waals surface area contributed by atoms with Gasteiger partial charge < -0.3 is 14.0 Å². The van der Waals surface area contributed by atoms with E-state index >= 15 is 0 Å². The van der Waals surface area contributed by atoms with Gasteiger partial charge in [0.1, 0.15) is 11.3 Å². The number of esters is 1. The van der Waals surface area contributed by atoms with E-state index in [1.165, 1.54) is 14.2 Å². The smallest absolute Gasteiger partial charge is 0.341 e. The predicted molar refractivity (Wildman–Crippen MR) is 68.7 cm³/mol. The van der Waals surface area contributed by atoms with E-state index in [4.69, 9.17) is 16.3 Å². The van der Waals surface area contributed by atoms with E-state index < -0.39 is 5.97 Å². The fraction of sp³-hybridized carbons (Fsp3) is 0.154. The van der Waals surface area contributed by atoms with Gasteiger partial charge in [-0.25, -0.2) is 4.79 Å². The zero-order valence-electron chi connectivity index (χ0n) is 10.0. The fourth-order valence-corrected chi connectivity index (χ4v) is 1.94. The molecule has 0 saturated heterocycles. The van der Waals surface area contributed by atoms with Crippen LogP contribution in [0.25, 0.3) is 5.69 Å². The average molecular weight is 266 g/mol. The molecule has 1 aromatic heterocycles. The number of benzene rings is 1. The molecule has 1 aromatic carbocycles. The van der Waals surface area contributed by atoms with Crippen molar-refractivity contribution in [3.63, 3.8) is 0 Å². The molecule has 0 unspecified atom stereocenters. The lowest BCUT2D eigenvalue weighted by molar-refractivity contribution is 0.0597. The molecule has 5 heteroatoms. The minimum absolute atomic E-state index is 0.306. The fourth-order valence-electron chi connectivity index (χ4n) is 1.67. The molecule has 0 bridgehead atoms. The number of carbonyl (C=O) groups excluding carboxylic acids is 1. The molecule has 0 radical (unpaired) electrons. The second-order valence-electron chi connectivity index (χ2n) is 3.59. The Morgan fingerprint density at radius 1 is 1.22 bits per heavy atom. The van der Waals surface area contributed by atoms with Crippen LogP contribution in [0.2, 0.25) is 5.02 Å². The molecule has 94 valence electrons. The Hall–Kier alpha value is -1.94. The van der Waals surface area contributed by atoms with Crippen LogP contribution in [0.4, 0.5) is 0 Å². The average Bonchev–Trinajstić information content (AvgIpc) is 2.91. The van der Waals surface area contributed by atoms with Gasteiger partial charge in [-0.1, -0.05) is 11.6 Å². The zero-order chi connectivity index (χ0) is 13.1. The number of halogens is 1. The summed E-state index contributed by atoms with van der Waals surface area (Å²) in [4.78, 5) is 11.6. The van der Waals surface area contributed by atoms with E-state index in [0.717, 1.165) is 5.69 Å². The maximum atomic E-state index is 11.6. The van der Waals surface area contributed by atoms with Crippen molar-refractivity contribution in [1.82, 2.24) is 4.57 Å². The molecule has 0 aliphatic rings. The summed E-state index contributed by atoms with van der Waals surface area (Å²) in [6.45, 7) is 0. The maximum absolute atomic E-state index is 11.6. The summed E-state index contributed by atoms with van der Waals surface area (Å²) < 4.78 is 11.7. The van der Waals surface area contributed by atoms with Crippen molar-refractivity contribution in [2.75, 3.05) is 14.2 Å². The van der Waals surface area contributed by atoms with Crippen LogP contribution in [0.15, 0.2) is 36.7 Å². The van der Waals surface area contributed by atoms with Gasteiger partial charge >= 0.3 is 5.97 Å². The summed E-state index contributed by atoms with van der Waals surface area (Å²) in [6, 6.07) is 7.02. The molecule has 0 fully saturated rings. The Morgan fingerprint density at radius 3 is 2.44 bits per heavy atom. The van der Waals surface area contributed by atoms with Crippen molar-refractivity contribution in [1.29, 1.82) is 0 Å². The van der Waals surface area contributed by atoms with Crippen molar-refractivity contribution in [3.05, 3.63) is 47.2 Å². The van der Waals surface area contributed by atoms with E-state index in [1.807, 2.05) is 29.1 Å². The molecule has 18 heavy (non-hydrogen) atoms. The number of rotatable bonds is 3. The molecular formula is C13H12ClNO3. The number of carbonyl (C=O) groups is 1. The Bertz CT molecular complexity index is 564. The van der Waals surface area contributed by atoms with E-state index in [2.05, 4.69) is 4.74 Å². The van der Waals surface area contributed by atoms with E-state index in [-0.39, 0.29) is 0 Å². The molecule has 2 aromatic rings. The van der Waals surface area contributed by atoms with E-state index in [9.17, 15) is 4.79 Å². The highest BCUT2D eigenvalue weighted by Crippen LogP contribution is 2.30. The third-order valence-corrected chi connectivity index (χ3v) is 2.86. The molecule has 0 N–H and O–H groups in total. The van der Waals surface area contributed by atoms with Crippen LogP contribution in [0.5, 0.6) is 5.75 Å². The van der Waals surface area contributed by atoms with Gasteiger partial charge in [-0.15, -0.1) is 0 Å². The second kappa shape index (κ2) is 5.14. The quantitative estimate of drug-likeness (QED) is 0.801. The van der Waals surface area contributed by atoms with Gasteiger partial charge in [0, 0.05) is 18.5 Å². The molecular weight excluding hydrogens is 254 g/mol. The Balaban J connectivity index is 2.56. The zero-order valence-corrected chi connectivity index (χ0v) is 10.8. The molecule has 0 aliphatic heterocycles. The van der Waals surface area contributed by atoms with Gasteiger partial charge in [0.2, 0.25) is 0 Å². The van der Waals surface area contributed by atoms with Crippen molar-refractivity contribution in [2.45, 2.75) is 0 Å². The van der Waals surface area contributed by atoms with E-state index in [1.54, 1.807) is 12.1 Å². The number of methoxy groups -OCH3 is 2. The van der Waals surface area contributed by atoms with Crippen LogP contribution in [-0.4, -0.2) is 24.8 Å². The van der Waals surface area contributed by atoms with Crippen LogP contribution >= 0.6 is 11.6 Å². The summed E-state index contributed by atoms with van der Waals surface area (Å²) in [5.41, 5.74) is 1.05. The van der Waals surface area contributed by atoms with Crippen LogP contribution in [-0.2, 0) is 4.74 Å². The maximum Gasteiger partial charge on any atom is 0.341 e. The molecule has 1 heterocycles. The van der Waals surface area contributed by atoms with Gasteiger partial charge in [0.05, 0.1) is 24.9 Å². The summed E-state index contributed by atoms with van der Waals surface area (Å²) in [5, 5.41) is 0.451. The summed E-state index contributed by atoms with van der Waals surface area (Å²) in [6.07, 6.45) is 3.72. The normalized spacial score (nSPS) is 10.2. The van der Waals surface area contributed by atoms with Crippen molar-refractivity contribution < 1.29 is 14.3 Å². The van der Waals surface area contributed by atoms with Crippen LogP contribution in [0.1, 0.15) is 10.4 Å². The topological polar surface area (TPSA) is 40.5 Å². The third-order valence-electron chi connectivity index (χ3n) is 2.56. The molecule has 0 aliphatic carbocycles. The number of ether oxygens (including phenoxy) is 2. The Kier molecular flexibility index (Phi) is 3.58. The Morgan fingerprint density at radius 2 is 1.89 bits per heavy atom. The van der Waals surface area contributed by atoms with Crippen molar-refractivity contribution >= 4 is 17.6 Å². The van der Waals surface area contributed by atoms with Crippen molar-refractivity contribution in [2.24, 2.45) is 0 Å². The number of aromatic nitrogens is 1. The number of hydrogen-bond acceptors (Lipinski definition) is 3. The van der Waals surface area contributed by atoms with Gasteiger partial charge in [-0.05, 0) is 18.2 Å². The molecule has 2 rings (SSSR count). The molecule has 0 atom stereocenters. The lowest BCUT2D eigenvalue weighted by Gasteiger charge is -2.12. The minimum atomic E-state index is -0.479. The van der Waals surface area contributed by atoms with Crippen LogP contribution < -0.4 is 4.74 Å². The standard InChI is InChI=1S/C13H12ClNO3/c1-17-12-8-11(15-5-3-4-6-15)10(14)7-9(12)13(16)18-2/h3-8H,1-2H3.